The SMILES string of the molecule is COc1ccc(C(=O)NC(=O)CSc2ccc3ccccc3n2)cc1. The van der Waals surface area contributed by atoms with Crippen LogP contribution in [0.4, 0.5) is 0 Å². The van der Waals surface area contributed by atoms with Crippen molar-refractivity contribution >= 4 is 34.5 Å². The van der Waals surface area contributed by atoms with Gasteiger partial charge in [0.05, 0.1) is 23.4 Å². The first-order valence-corrected chi connectivity index (χ1v) is 8.61. The highest BCUT2D eigenvalue weighted by Gasteiger charge is 2.11. The summed E-state index contributed by atoms with van der Waals surface area (Å²) in [6, 6.07) is 18.2. The fraction of sp³-hybridized carbons (Fsp3) is 0.105. The Bertz CT molecular complexity index is 910. The van der Waals surface area contributed by atoms with E-state index in [1.165, 1.54) is 11.8 Å². The Labute approximate surface area is 149 Å². The summed E-state index contributed by atoms with van der Waals surface area (Å²) in [5.74, 6) is -0.0194. The third-order valence-corrected chi connectivity index (χ3v) is 4.46. The summed E-state index contributed by atoms with van der Waals surface area (Å²) in [7, 11) is 1.55. The molecule has 3 aromatic rings. The minimum atomic E-state index is -0.431. The summed E-state index contributed by atoms with van der Waals surface area (Å²) in [5, 5.41) is 4.16. The van der Waals surface area contributed by atoms with E-state index < -0.39 is 5.91 Å². The standard InChI is InChI=1S/C19H16N2O3S/c1-24-15-9-6-14(7-10-15)19(23)21-17(22)12-25-18-11-8-13-4-2-3-5-16(13)20-18/h2-11H,12H2,1H3,(H,21,22,23). The Morgan fingerprint density at radius 1 is 1.04 bits per heavy atom. The number of benzene rings is 2. The van der Waals surface area contributed by atoms with Gasteiger partial charge in [0.25, 0.3) is 5.91 Å². The number of fused-ring (bicyclic) bond motifs is 1. The molecule has 0 radical (unpaired) electrons. The number of amides is 2. The molecule has 5 nitrogen and oxygen atoms in total. The van der Waals surface area contributed by atoms with Gasteiger partial charge in [0.1, 0.15) is 5.75 Å². The van der Waals surface area contributed by atoms with E-state index in [2.05, 4.69) is 10.3 Å². The first-order chi connectivity index (χ1) is 12.2. The minimum absolute atomic E-state index is 0.118. The second-order valence-corrected chi connectivity index (χ2v) is 6.23. The molecule has 0 bridgehead atoms. The topological polar surface area (TPSA) is 68.3 Å². The number of para-hydroxylation sites is 1. The molecule has 2 amide bonds. The number of nitrogens with one attached hydrogen (secondary N) is 1. The number of carbonyl (C=O) groups is 2. The first-order valence-electron chi connectivity index (χ1n) is 7.62. The van der Waals surface area contributed by atoms with Crippen LogP contribution in [-0.2, 0) is 4.79 Å². The molecule has 0 aliphatic carbocycles. The fourth-order valence-electron chi connectivity index (χ4n) is 2.24. The predicted molar refractivity (Wildman–Crippen MR) is 97.9 cm³/mol. The van der Waals surface area contributed by atoms with Crippen LogP contribution in [0.1, 0.15) is 10.4 Å². The highest BCUT2D eigenvalue weighted by molar-refractivity contribution is 7.99. The van der Waals surface area contributed by atoms with Gasteiger partial charge in [-0.25, -0.2) is 4.98 Å². The van der Waals surface area contributed by atoms with Crippen molar-refractivity contribution in [1.82, 2.24) is 10.3 Å². The Morgan fingerprint density at radius 3 is 2.56 bits per heavy atom. The first kappa shape index (κ1) is 17.0. The van der Waals surface area contributed by atoms with Crippen LogP contribution in [0.3, 0.4) is 0 Å². The summed E-state index contributed by atoms with van der Waals surface area (Å²) < 4.78 is 5.04. The molecule has 0 saturated heterocycles. The van der Waals surface area contributed by atoms with Crippen LogP contribution in [0.2, 0.25) is 0 Å². The van der Waals surface area contributed by atoms with Crippen LogP contribution < -0.4 is 10.1 Å². The number of nitrogens with zero attached hydrogens (tertiary/aromatic N) is 1. The molecule has 3 rings (SSSR count). The average molecular weight is 352 g/mol. The number of pyridine rings is 1. The van der Waals surface area contributed by atoms with Gasteiger partial charge in [0, 0.05) is 10.9 Å². The van der Waals surface area contributed by atoms with E-state index in [-0.39, 0.29) is 11.7 Å². The van der Waals surface area contributed by atoms with Gasteiger partial charge < -0.3 is 4.74 Å². The normalized spacial score (nSPS) is 10.4. The number of methoxy groups -OCH3 is 1. The molecule has 1 aromatic heterocycles. The molecule has 0 atom stereocenters. The number of rotatable bonds is 5. The second-order valence-electron chi connectivity index (χ2n) is 5.24. The van der Waals surface area contributed by atoms with Gasteiger partial charge in [-0.15, -0.1) is 0 Å². The van der Waals surface area contributed by atoms with Crippen LogP contribution in [0, 0.1) is 0 Å². The fourth-order valence-corrected chi connectivity index (χ4v) is 2.92. The van der Waals surface area contributed by atoms with Gasteiger partial charge in [-0.2, -0.15) is 0 Å². The number of imide groups is 1. The lowest BCUT2D eigenvalue weighted by Crippen LogP contribution is -2.31. The number of carbonyl (C=O) groups excluding carboxylic acids is 2. The van der Waals surface area contributed by atoms with Crippen molar-refractivity contribution in [2.45, 2.75) is 5.03 Å². The zero-order valence-corrected chi connectivity index (χ0v) is 14.4. The monoisotopic (exact) mass is 352 g/mol. The summed E-state index contributed by atoms with van der Waals surface area (Å²) >= 11 is 1.29. The number of hydrogen-bond acceptors (Lipinski definition) is 5. The van der Waals surface area contributed by atoms with Gasteiger partial charge in [-0.3, -0.25) is 14.9 Å². The maximum absolute atomic E-state index is 12.0. The highest BCUT2D eigenvalue weighted by atomic mass is 32.2. The number of thioether (sulfide) groups is 1. The van der Waals surface area contributed by atoms with Gasteiger partial charge in [0.15, 0.2) is 0 Å². The van der Waals surface area contributed by atoms with Gasteiger partial charge in [-0.1, -0.05) is 36.0 Å². The largest absolute Gasteiger partial charge is 0.497 e. The zero-order valence-electron chi connectivity index (χ0n) is 13.6. The van der Waals surface area contributed by atoms with Crippen molar-refractivity contribution in [2.75, 3.05) is 12.9 Å². The molecule has 0 aliphatic rings. The molecule has 2 aromatic carbocycles. The molecule has 0 fully saturated rings. The molecule has 0 aliphatic heterocycles. The van der Waals surface area contributed by atoms with Crippen LogP contribution in [-0.4, -0.2) is 29.7 Å². The Hall–Kier alpha value is -2.86. The molecule has 0 spiro atoms. The lowest BCUT2D eigenvalue weighted by atomic mass is 10.2. The molecular formula is C19H16N2O3S. The Kier molecular flexibility index (Phi) is 5.30. The second kappa shape index (κ2) is 7.81. The summed E-state index contributed by atoms with van der Waals surface area (Å²) in [6.45, 7) is 0. The van der Waals surface area contributed by atoms with Crippen molar-refractivity contribution in [3.63, 3.8) is 0 Å². The summed E-state index contributed by atoms with van der Waals surface area (Å²) in [4.78, 5) is 28.5. The van der Waals surface area contributed by atoms with Crippen molar-refractivity contribution in [1.29, 1.82) is 0 Å². The zero-order chi connectivity index (χ0) is 17.6. The number of hydrogen-bond donors (Lipinski definition) is 1. The molecule has 1 N–H and O–H groups in total. The average Bonchev–Trinajstić information content (AvgIpc) is 2.66. The molecule has 0 unspecified atom stereocenters. The van der Waals surface area contributed by atoms with Gasteiger partial charge >= 0.3 is 0 Å². The lowest BCUT2D eigenvalue weighted by molar-refractivity contribution is -0.117. The van der Waals surface area contributed by atoms with Gasteiger partial charge in [-0.05, 0) is 36.4 Å². The maximum Gasteiger partial charge on any atom is 0.257 e. The van der Waals surface area contributed by atoms with Gasteiger partial charge in [0.2, 0.25) is 5.91 Å². The van der Waals surface area contributed by atoms with Crippen molar-refractivity contribution in [2.24, 2.45) is 0 Å². The lowest BCUT2D eigenvalue weighted by Gasteiger charge is -2.06. The third kappa shape index (κ3) is 4.36. The van der Waals surface area contributed by atoms with E-state index in [4.69, 9.17) is 4.74 Å². The molecule has 1 heterocycles. The van der Waals surface area contributed by atoms with Crippen molar-refractivity contribution in [3.8, 4) is 5.75 Å². The number of aromatic nitrogens is 1. The quantitative estimate of drug-likeness (QED) is 0.714. The molecule has 0 saturated carbocycles. The van der Waals surface area contributed by atoms with Crippen molar-refractivity contribution in [3.05, 3.63) is 66.2 Å². The Morgan fingerprint density at radius 2 is 1.80 bits per heavy atom. The molecule has 126 valence electrons. The Balaban J connectivity index is 1.56. The molecular weight excluding hydrogens is 336 g/mol. The minimum Gasteiger partial charge on any atom is -0.497 e. The van der Waals surface area contributed by atoms with Crippen molar-refractivity contribution < 1.29 is 14.3 Å². The summed E-state index contributed by atoms with van der Waals surface area (Å²) in [6.07, 6.45) is 0. The smallest absolute Gasteiger partial charge is 0.257 e. The highest BCUT2D eigenvalue weighted by Crippen LogP contribution is 2.19. The van der Waals surface area contributed by atoms with E-state index in [0.717, 1.165) is 15.9 Å². The molecule has 25 heavy (non-hydrogen) atoms. The summed E-state index contributed by atoms with van der Waals surface area (Å²) in [5.41, 5.74) is 1.28. The van der Waals surface area contributed by atoms with Crippen LogP contribution in [0.25, 0.3) is 10.9 Å². The predicted octanol–water partition coefficient (Wildman–Crippen LogP) is 3.29. The maximum atomic E-state index is 12.0. The van der Waals surface area contributed by atoms with E-state index >= 15 is 0 Å². The van der Waals surface area contributed by atoms with E-state index in [0.29, 0.717) is 11.3 Å². The molecule has 6 heteroatoms. The van der Waals surface area contributed by atoms with Crippen LogP contribution >= 0.6 is 11.8 Å². The third-order valence-electron chi connectivity index (χ3n) is 3.53. The van der Waals surface area contributed by atoms with E-state index in [9.17, 15) is 9.59 Å². The van der Waals surface area contributed by atoms with E-state index in [1.807, 2.05) is 36.4 Å². The van der Waals surface area contributed by atoms with Crippen LogP contribution in [0.5, 0.6) is 5.75 Å². The number of ether oxygens (including phenoxy) is 1. The van der Waals surface area contributed by atoms with Crippen LogP contribution in [0.15, 0.2) is 65.7 Å². The van der Waals surface area contributed by atoms with E-state index in [1.54, 1.807) is 31.4 Å².